The molecule has 4 heterocycles. The number of ketones is 1. The minimum absolute atomic E-state index is 0.0826. The Balaban J connectivity index is 1.76. The van der Waals surface area contributed by atoms with Gasteiger partial charge in [0.05, 0.1) is 36.1 Å². The predicted molar refractivity (Wildman–Crippen MR) is 113 cm³/mol. The molecule has 0 saturated carbocycles. The average Bonchev–Trinajstić information content (AvgIpc) is 3.18. The molecule has 2 aliphatic rings. The number of Topliss-reactive ketones (excluding diaryl/α,β-unsaturated/α-hetero) is 1. The van der Waals surface area contributed by atoms with Crippen LogP contribution in [0.1, 0.15) is 28.6 Å². The smallest absolute Gasteiger partial charge is 0.295 e. The van der Waals surface area contributed by atoms with Gasteiger partial charge in [-0.2, -0.15) is 5.10 Å². The number of amides is 1. The second-order valence-electron chi connectivity index (χ2n) is 7.90. The van der Waals surface area contributed by atoms with E-state index < -0.39 is 17.7 Å². The fourth-order valence-electron chi connectivity index (χ4n) is 4.32. The number of morpholine rings is 1. The van der Waals surface area contributed by atoms with Gasteiger partial charge in [-0.25, -0.2) is 0 Å². The lowest BCUT2D eigenvalue weighted by atomic mass is 9.95. The van der Waals surface area contributed by atoms with Crippen molar-refractivity contribution in [3.05, 3.63) is 52.6 Å². The van der Waals surface area contributed by atoms with E-state index in [4.69, 9.17) is 4.74 Å². The molecule has 0 aliphatic carbocycles. The van der Waals surface area contributed by atoms with E-state index in [1.165, 1.54) is 0 Å². The van der Waals surface area contributed by atoms with Crippen molar-refractivity contribution in [1.29, 1.82) is 0 Å². The summed E-state index contributed by atoms with van der Waals surface area (Å²) in [6.45, 7) is 7.47. The van der Waals surface area contributed by atoms with Crippen molar-refractivity contribution >= 4 is 17.4 Å². The van der Waals surface area contributed by atoms with E-state index in [0.717, 1.165) is 18.8 Å². The van der Waals surface area contributed by atoms with E-state index in [1.807, 2.05) is 13.0 Å². The Morgan fingerprint density at radius 2 is 1.97 bits per heavy atom. The maximum Gasteiger partial charge on any atom is 0.295 e. The van der Waals surface area contributed by atoms with Gasteiger partial charge in [0.15, 0.2) is 0 Å². The van der Waals surface area contributed by atoms with Gasteiger partial charge in [0, 0.05) is 51.3 Å². The largest absolute Gasteiger partial charge is 0.507 e. The number of hydrogen-bond acceptors (Lipinski definition) is 7. The second-order valence-corrected chi connectivity index (χ2v) is 7.90. The summed E-state index contributed by atoms with van der Waals surface area (Å²) in [6.07, 6.45) is 3.27. The van der Waals surface area contributed by atoms with Crippen molar-refractivity contribution in [2.75, 3.05) is 39.4 Å². The third-order valence-electron chi connectivity index (χ3n) is 6.05. The number of aromatic nitrogens is 3. The van der Waals surface area contributed by atoms with Gasteiger partial charge < -0.3 is 14.7 Å². The van der Waals surface area contributed by atoms with E-state index in [9.17, 15) is 14.7 Å². The molecule has 1 atom stereocenters. The summed E-state index contributed by atoms with van der Waals surface area (Å²) in [5, 5.41) is 15.6. The fraction of sp³-hybridized carbons (Fsp3) is 0.455. The molecule has 9 heteroatoms. The van der Waals surface area contributed by atoms with Gasteiger partial charge in [-0.15, -0.1) is 0 Å². The Hall–Kier alpha value is -3.04. The molecule has 1 amide bonds. The number of carbonyl (C=O) groups is 2. The zero-order chi connectivity index (χ0) is 22.1. The number of aliphatic hydroxyl groups is 1. The molecule has 4 rings (SSSR count). The molecular weight excluding hydrogens is 398 g/mol. The van der Waals surface area contributed by atoms with E-state index >= 15 is 0 Å². The first-order valence-corrected chi connectivity index (χ1v) is 10.4. The van der Waals surface area contributed by atoms with Gasteiger partial charge in [-0.05, 0) is 25.5 Å². The van der Waals surface area contributed by atoms with Gasteiger partial charge in [0.1, 0.15) is 5.76 Å². The standard InChI is InChI=1S/C22H27N5O4/c1-14-17(15(2)25(3)24-14)20(28)18-19(16-5-4-6-23-13-16)27(22(30)21(18)29)8-7-26-9-11-31-12-10-26/h4-6,13,19,28H,7-12H2,1-3H3/b20-18+. The summed E-state index contributed by atoms with van der Waals surface area (Å²) < 4.78 is 7.04. The molecule has 2 aliphatic heterocycles. The lowest BCUT2D eigenvalue weighted by Crippen LogP contribution is -2.42. The van der Waals surface area contributed by atoms with Gasteiger partial charge >= 0.3 is 0 Å². The van der Waals surface area contributed by atoms with Crippen LogP contribution >= 0.6 is 0 Å². The Morgan fingerprint density at radius 3 is 2.58 bits per heavy atom. The fourth-order valence-corrected chi connectivity index (χ4v) is 4.32. The normalized spacial score (nSPS) is 21.8. The number of nitrogens with zero attached hydrogens (tertiary/aromatic N) is 5. The minimum atomic E-state index is -0.700. The van der Waals surface area contributed by atoms with Crippen molar-refractivity contribution in [3.63, 3.8) is 0 Å². The summed E-state index contributed by atoms with van der Waals surface area (Å²) in [5.74, 6) is -1.48. The van der Waals surface area contributed by atoms with Gasteiger partial charge in [-0.1, -0.05) is 6.07 Å². The monoisotopic (exact) mass is 425 g/mol. The maximum absolute atomic E-state index is 13.1. The number of likely N-dealkylation sites (tertiary alicyclic amines) is 1. The van der Waals surface area contributed by atoms with Crippen LogP contribution in [0.5, 0.6) is 0 Å². The summed E-state index contributed by atoms with van der Waals surface area (Å²) in [4.78, 5) is 34.1. The first-order valence-electron chi connectivity index (χ1n) is 10.4. The SMILES string of the molecule is Cc1nn(C)c(C)c1/C(O)=C1\C(=O)C(=O)N(CCN2CCOCC2)C1c1cccnc1. The van der Waals surface area contributed by atoms with Gasteiger partial charge in [0.25, 0.3) is 11.7 Å². The van der Waals surface area contributed by atoms with Crippen molar-refractivity contribution < 1.29 is 19.4 Å². The zero-order valence-corrected chi connectivity index (χ0v) is 18.0. The maximum atomic E-state index is 13.1. The molecule has 2 aromatic heterocycles. The van der Waals surface area contributed by atoms with Crippen LogP contribution in [0.25, 0.3) is 5.76 Å². The van der Waals surface area contributed by atoms with E-state index in [1.54, 1.807) is 42.0 Å². The molecule has 0 radical (unpaired) electrons. The quantitative estimate of drug-likeness (QED) is 0.436. The predicted octanol–water partition coefficient (Wildman–Crippen LogP) is 1.19. The van der Waals surface area contributed by atoms with Crippen molar-refractivity contribution in [2.45, 2.75) is 19.9 Å². The van der Waals surface area contributed by atoms with Crippen molar-refractivity contribution in [2.24, 2.45) is 7.05 Å². The van der Waals surface area contributed by atoms with Crippen LogP contribution in [0.3, 0.4) is 0 Å². The lowest BCUT2D eigenvalue weighted by molar-refractivity contribution is -0.140. The Bertz CT molecular complexity index is 1020. The summed E-state index contributed by atoms with van der Waals surface area (Å²) in [5.41, 5.74) is 2.58. The highest BCUT2D eigenvalue weighted by molar-refractivity contribution is 6.46. The molecule has 1 unspecified atom stereocenters. The summed E-state index contributed by atoms with van der Waals surface area (Å²) in [7, 11) is 1.78. The lowest BCUT2D eigenvalue weighted by Gasteiger charge is -2.30. The van der Waals surface area contributed by atoms with Crippen LogP contribution in [-0.4, -0.2) is 80.8 Å². The van der Waals surface area contributed by atoms with E-state index in [0.29, 0.717) is 43.1 Å². The summed E-state index contributed by atoms with van der Waals surface area (Å²) in [6, 6.07) is 2.88. The topological polar surface area (TPSA) is 101 Å². The molecule has 31 heavy (non-hydrogen) atoms. The highest BCUT2D eigenvalue weighted by atomic mass is 16.5. The number of rotatable bonds is 5. The molecule has 164 valence electrons. The number of carbonyl (C=O) groups excluding carboxylic acids is 2. The molecule has 0 spiro atoms. The van der Waals surface area contributed by atoms with Crippen LogP contribution in [0.2, 0.25) is 0 Å². The molecule has 9 nitrogen and oxygen atoms in total. The van der Waals surface area contributed by atoms with Crippen molar-refractivity contribution in [1.82, 2.24) is 24.6 Å². The molecule has 2 aromatic rings. The van der Waals surface area contributed by atoms with Gasteiger partial charge in [0.2, 0.25) is 0 Å². The van der Waals surface area contributed by atoms with E-state index in [2.05, 4.69) is 15.0 Å². The zero-order valence-electron chi connectivity index (χ0n) is 18.0. The highest BCUT2D eigenvalue weighted by Crippen LogP contribution is 2.39. The van der Waals surface area contributed by atoms with Gasteiger partial charge in [-0.3, -0.25) is 24.2 Å². The Morgan fingerprint density at radius 1 is 1.23 bits per heavy atom. The van der Waals surface area contributed by atoms with Crippen LogP contribution in [-0.2, 0) is 21.4 Å². The number of ether oxygens (including phenoxy) is 1. The van der Waals surface area contributed by atoms with Crippen LogP contribution in [0.4, 0.5) is 0 Å². The Labute approximate surface area is 180 Å². The number of pyridine rings is 1. The van der Waals surface area contributed by atoms with E-state index in [-0.39, 0.29) is 11.3 Å². The molecule has 2 fully saturated rings. The first kappa shape index (κ1) is 21.2. The molecule has 0 bridgehead atoms. The van der Waals surface area contributed by atoms with Crippen molar-refractivity contribution in [3.8, 4) is 0 Å². The molecule has 0 aromatic carbocycles. The second kappa shape index (κ2) is 8.60. The molecule has 2 saturated heterocycles. The van der Waals surface area contributed by atoms with Crippen LogP contribution < -0.4 is 0 Å². The van der Waals surface area contributed by atoms with Crippen LogP contribution in [0, 0.1) is 13.8 Å². The average molecular weight is 425 g/mol. The highest BCUT2D eigenvalue weighted by Gasteiger charge is 2.46. The third kappa shape index (κ3) is 3.86. The minimum Gasteiger partial charge on any atom is -0.507 e. The number of hydrogen-bond donors (Lipinski definition) is 1. The third-order valence-corrected chi connectivity index (χ3v) is 6.05. The Kier molecular flexibility index (Phi) is 5.88. The van der Waals surface area contributed by atoms with Crippen LogP contribution in [0.15, 0.2) is 30.1 Å². The molecule has 1 N–H and O–H groups in total. The number of aliphatic hydroxyl groups excluding tert-OH is 1. The summed E-state index contributed by atoms with van der Waals surface area (Å²) >= 11 is 0. The first-order chi connectivity index (χ1) is 14.9. The number of aryl methyl sites for hydroxylation is 2. The molecular formula is C22H27N5O4.